The molecule has 1 aromatic heterocycles. The summed E-state index contributed by atoms with van der Waals surface area (Å²) < 4.78 is 11.7. The minimum atomic E-state index is 0.695. The van der Waals surface area contributed by atoms with Crippen LogP contribution in [0.4, 0.5) is 11.5 Å². The smallest absolute Gasteiger partial charge is 0.163 e. The predicted molar refractivity (Wildman–Crippen MR) is 106 cm³/mol. The van der Waals surface area contributed by atoms with E-state index in [4.69, 9.17) is 14.5 Å². The molecule has 0 amide bonds. The maximum Gasteiger partial charge on any atom is 0.163 e. The zero-order valence-electron chi connectivity index (χ0n) is 15.7. The van der Waals surface area contributed by atoms with Crippen LogP contribution >= 0.6 is 0 Å². The molecule has 1 fully saturated rings. The van der Waals surface area contributed by atoms with Gasteiger partial charge in [-0.25, -0.2) is 4.98 Å². The number of nitrogens with zero attached hydrogens (tertiary/aromatic N) is 2. The average molecular weight is 356 g/mol. The number of fused-ring (bicyclic) bond motifs is 3. The van der Waals surface area contributed by atoms with Crippen molar-refractivity contribution in [3.05, 3.63) is 17.7 Å². The van der Waals surface area contributed by atoms with Gasteiger partial charge in [-0.05, 0) is 44.8 Å². The first kappa shape index (κ1) is 17.2. The number of likely N-dealkylation sites (tertiary alicyclic amines) is 1. The van der Waals surface area contributed by atoms with Crippen LogP contribution in [0, 0.1) is 0 Å². The lowest BCUT2D eigenvalue weighted by Crippen LogP contribution is -2.21. The van der Waals surface area contributed by atoms with Crippen molar-refractivity contribution in [1.29, 1.82) is 0 Å². The summed E-state index contributed by atoms with van der Waals surface area (Å²) in [5.41, 5.74) is 3.34. The molecule has 2 N–H and O–H groups in total. The molecule has 3 heterocycles. The number of ether oxygens (including phenoxy) is 2. The van der Waals surface area contributed by atoms with Crippen molar-refractivity contribution in [3.8, 4) is 11.5 Å². The van der Waals surface area contributed by atoms with Gasteiger partial charge < -0.3 is 25.0 Å². The van der Waals surface area contributed by atoms with Gasteiger partial charge in [-0.15, -0.1) is 0 Å². The molecular weight excluding hydrogens is 328 g/mol. The molecule has 0 saturated carbocycles. The summed E-state index contributed by atoms with van der Waals surface area (Å²) in [5, 5.41) is 7.81. The second-order valence-corrected chi connectivity index (χ2v) is 7.01. The lowest BCUT2D eigenvalue weighted by Gasteiger charge is -2.17. The largest absolute Gasteiger partial charge is 0.493 e. The Kier molecular flexibility index (Phi) is 5.02. The van der Waals surface area contributed by atoms with Gasteiger partial charge >= 0.3 is 0 Å². The number of methoxy groups -OCH3 is 1. The second-order valence-electron chi connectivity index (χ2n) is 7.01. The monoisotopic (exact) mass is 356 g/mol. The van der Waals surface area contributed by atoms with Crippen LogP contribution < -0.4 is 20.1 Å². The standard InChI is InChI=1S/C20H28N4O2/c1-21-20-14-6-7-22-19(14)15-12-17(25-2)18(13-16(15)23-20)26-11-5-10-24-8-3-4-9-24/h12-13,22H,3-11H2,1-2H3,(H,21,23). The van der Waals surface area contributed by atoms with Crippen LogP contribution in [0.3, 0.4) is 0 Å². The molecule has 6 heteroatoms. The Morgan fingerprint density at radius 1 is 1.23 bits per heavy atom. The van der Waals surface area contributed by atoms with E-state index in [0.717, 1.165) is 54.2 Å². The Bertz CT molecular complexity index is 787. The van der Waals surface area contributed by atoms with Gasteiger partial charge in [0.15, 0.2) is 11.5 Å². The molecule has 0 radical (unpaired) electrons. The van der Waals surface area contributed by atoms with Gasteiger partial charge in [0.05, 0.1) is 24.9 Å². The van der Waals surface area contributed by atoms with Gasteiger partial charge in [0.1, 0.15) is 5.82 Å². The summed E-state index contributed by atoms with van der Waals surface area (Å²) >= 11 is 0. The lowest BCUT2D eigenvalue weighted by molar-refractivity contribution is 0.254. The Morgan fingerprint density at radius 3 is 2.85 bits per heavy atom. The third kappa shape index (κ3) is 3.26. The molecule has 0 unspecified atom stereocenters. The predicted octanol–water partition coefficient (Wildman–Crippen LogP) is 3.12. The number of aromatic nitrogens is 1. The number of anilines is 2. The molecule has 26 heavy (non-hydrogen) atoms. The molecule has 0 bridgehead atoms. The minimum absolute atomic E-state index is 0.695. The highest BCUT2D eigenvalue weighted by Gasteiger charge is 2.21. The Balaban J connectivity index is 1.55. The number of nitrogens with one attached hydrogen (secondary N) is 2. The fraction of sp³-hybridized carbons (Fsp3) is 0.550. The first-order valence-electron chi connectivity index (χ1n) is 9.61. The molecule has 1 saturated heterocycles. The maximum absolute atomic E-state index is 6.06. The number of benzene rings is 1. The Hall–Kier alpha value is -2.21. The van der Waals surface area contributed by atoms with E-state index >= 15 is 0 Å². The van der Waals surface area contributed by atoms with Crippen LogP contribution in [-0.4, -0.2) is 56.8 Å². The fourth-order valence-corrected chi connectivity index (χ4v) is 4.02. The van der Waals surface area contributed by atoms with Crippen molar-refractivity contribution < 1.29 is 9.47 Å². The molecule has 2 aliphatic heterocycles. The van der Waals surface area contributed by atoms with Crippen molar-refractivity contribution in [2.45, 2.75) is 25.7 Å². The van der Waals surface area contributed by atoms with E-state index in [-0.39, 0.29) is 0 Å². The fourth-order valence-electron chi connectivity index (χ4n) is 4.02. The SMILES string of the molecule is CNc1nc2cc(OCCCN3CCCC3)c(OC)cc2c2c1CCN2. The van der Waals surface area contributed by atoms with Crippen molar-refractivity contribution in [2.75, 3.05) is 57.6 Å². The van der Waals surface area contributed by atoms with Gasteiger partial charge in [-0.3, -0.25) is 0 Å². The van der Waals surface area contributed by atoms with Gasteiger partial charge in [0, 0.05) is 37.2 Å². The summed E-state index contributed by atoms with van der Waals surface area (Å²) in [5.74, 6) is 2.49. The highest BCUT2D eigenvalue weighted by molar-refractivity contribution is 5.98. The van der Waals surface area contributed by atoms with E-state index in [0.29, 0.717) is 6.61 Å². The Morgan fingerprint density at radius 2 is 2.08 bits per heavy atom. The van der Waals surface area contributed by atoms with Gasteiger partial charge in [0.2, 0.25) is 0 Å². The number of rotatable bonds is 7. The highest BCUT2D eigenvalue weighted by atomic mass is 16.5. The first-order valence-corrected chi connectivity index (χ1v) is 9.61. The maximum atomic E-state index is 6.06. The van der Waals surface area contributed by atoms with E-state index in [9.17, 15) is 0 Å². The van der Waals surface area contributed by atoms with Crippen molar-refractivity contribution >= 4 is 22.4 Å². The average Bonchev–Trinajstić information content (AvgIpc) is 3.35. The molecule has 6 nitrogen and oxygen atoms in total. The van der Waals surface area contributed by atoms with E-state index < -0.39 is 0 Å². The number of pyridine rings is 1. The van der Waals surface area contributed by atoms with Crippen LogP contribution in [0.1, 0.15) is 24.8 Å². The van der Waals surface area contributed by atoms with Crippen molar-refractivity contribution in [3.63, 3.8) is 0 Å². The third-order valence-corrected chi connectivity index (χ3v) is 5.36. The molecule has 1 aromatic carbocycles. The van der Waals surface area contributed by atoms with Crippen LogP contribution in [0.25, 0.3) is 10.9 Å². The molecule has 0 spiro atoms. The zero-order valence-corrected chi connectivity index (χ0v) is 15.7. The molecule has 0 aliphatic carbocycles. The third-order valence-electron chi connectivity index (χ3n) is 5.36. The summed E-state index contributed by atoms with van der Waals surface area (Å²) in [6.07, 6.45) is 4.68. The van der Waals surface area contributed by atoms with Crippen LogP contribution in [-0.2, 0) is 6.42 Å². The zero-order chi connectivity index (χ0) is 17.9. The van der Waals surface area contributed by atoms with Crippen molar-refractivity contribution in [2.24, 2.45) is 0 Å². The number of hydrogen-bond donors (Lipinski definition) is 2. The molecule has 4 rings (SSSR count). The molecule has 2 aliphatic rings. The van der Waals surface area contributed by atoms with E-state index in [1.165, 1.54) is 37.2 Å². The lowest BCUT2D eigenvalue weighted by atomic mass is 10.1. The molecule has 2 aromatic rings. The van der Waals surface area contributed by atoms with E-state index in [1.807, 2.05) is 13.1 Å². The summed E-state index contributed by atoms with van der Waals surface area (Å²) in [7, 11) is 3.62. The van der Waals surface area contributed by atoms with E-state index in [2.05, 4.69) is 21.6 Å². The van der Waals surface area contributed by atoms with Crippen LogP contribution in [0.2, 0.25) is 0 Å². The quantitative estimate of drug-likeness (QED) is 0.744. The summed E-state index contributed by atoms with van der Waals surface area (Å²) in [6, 6.07) is 4.06. The highest BCUT2D eigenvalue weighted by Crippen LogP contribution is 2.40. The normalized spacial score (nSPS) is 16.5. The summed E-state index contributed by atoms with van der Waals surface area (Å²) in [6.45, 7) is 5.21. The Labute approximate surface area is 154 Å². The topological polar surface area (TPSA) is 58.7 Å². The van der Waals surface area contributed by atoms with Gasteiger partial charge in [-0.1, -0.05) is 0 Å². The van der Waals surface area contributed by atoms with Crippen LogP contribution in [0.15, 0.2) is 12.1 Å². The molecular formula is C20H28N4O2. The van der Waals surface area contributed by atoms with Gasteiger partial charge in [-0.2, -0.15) is 0 Å². The molecule has 0 atom stereocenters. The number of hydrogen-bond acceptors (Lipinski definition) is 6. The van der Waals surface area contributed by atoms with Crippen molar-refractivity contribution in [1.82, 2.24) is 9.88 Å². The molecule has 140 valence electrons. The summed E-state index contributed by atoms with van der Waals surface area (Å²) in [4.78, 5) is 7.31. The van der Waals surface area contributed by atoms with Crippen LogP contribution in [0.5, 0.6) is 11.5 Å². The first-order chi connectivity index (χ1) is 12.8. The van der Waals surface area contributed by atoms with E-state index in [1.54, 1.807) is 7.11 Å². The minimum Gasteiger partial charge on any atom is -0.493 e. The second kappa shape index (κ2) is 7.58. The van der Waals surface area contributed by atoms with Gasteiger partial charge in [0.25, 0.3) is 0 Å².